The highest BCUT2D eigenvalue weighted by Crippen LogP contribution is 2.33. The number of aryl methyl sites for hydroxylation is 1. The summed E-state index contributed by atoms with van der Waals surface area (Å²) >= 11 is 1.70. The summed E-state index contributed by atoms with van der Waals surface area (Å²) in [5, 5.41) is 2.07. The summed E-state index contributed by atoms with van der Waals surface area (Å²) in [6, 6.07) is 2.25. The molecule has 0 saturated carbocycles. The Hall–Kier alpha value is -0.430. The normalized spacial score (nSPS) is 25.6. The van der Waals surface area contributed by atoms with Crippen LogP contribution in [0, 0.1) is 6.92 Å². The van der Waals surface area contributed by atoms with E-state index in [1.807, 2.05) is 14.0 Å². The van der Waals surface area contributed by atoms with Crippen molar-refractivity contribution in [3.8, 4) is 0 Å². The van der Waals surface area contributed by atoms with E-state index in [4.69, 9.17) is 5.73 Å². The van der Waals surface area contributed by atoms with Crippen LogP contribution in [-0.4, -0.2) is 44.0 Å². The van der Waals surface area contributed by atoms with Gasteiger partial charge < -0.3 is 5.73 Å². The van der Waals surface area contributed by atoms with Gasteiger partial charge >= 0.3 is 0 Å². The molecule has 0 radical (unpaired) electrons. The molecule has 0 aliphatic carbocycles. The van der Waals surface area contributed by atoms with Gasteiger partial charge in [-0.1, -0.05) is 0 Å². The van der Waals surface area contributed by atoms with Crippen LogP contribution >= 0.6 is 11.3 Å². The third-order valence-corrected chi connectivity index (χ3v) is 6.73. The predicted molar refractivity (Wildman–Crippen MR) is 80.3 cm³/mol. The maximum absolute atomic E-state index is 11.6. The van der Waals surface area contributed by atoms with Gasteiger partial charge in [0.15, 0.2) is 9.84 Å². The number of sulfone groups is 1. The molecule has 108 valence electrons. The summed E-state index contributed by atoms with van der Waals surface area (Å²) in [7, 11) is -0.859. The fourth-order valence-electron chi connectivity index (χ4n) is 2.81. The minimum absolute atomic E-state index is 0.0225. The number of rotatable bonds is 4. The molecule has 1 aromatic rings. The number of nitrogens with zero attached hydrogens (tertiary/aromatic N) is 1. The zero-order chi connectivity index (χ0) is 14.2. The Labute approximate surface area is 119 Å². The van der Waals surface area contributed by atoms with Crippen molar-refractivity contribution in [1.29, 1.82) is 0 Å². The molecular weight excluding hydrogens is 280 g/mol. The molecule has 19 heavy (non-hydrogen) atoms. The van der Waals surface area contributed by atoms with Gasteiger partial charge in [-0.2, -0.15) is 0 Å². The Kier molecular flexibility index (Phi) is 4.35. The monoisotopic (exact) mass is 302 g/mol. The quantitative estimate of drug-likeness (QED) is 0.917. The summed E-state index contributed by atoms with van der Waals surface area (Å²) in [6.45, 7) is 4.07. The summed E-state index contributed by atoms with van der Waals surface area (Å²) in [5.41, 5.74) is 7.38. The second-order valence-corrected chi connectivity index (χ2v) is 8.67. The number of likely N-dealkylation sites (N-methyl/N-ethyl adjacent to an activating group) is 1. The smallest absolute Gasteiger partial charge is 0.151 e. The molecule has 1 aliphatic heterocycles. The van der Waals surface area contributed by atoms with Crippen molar-refractivity contribution in [2.24, 2.45) is 5.73 Å². The molecule has 2 N–H and O–H groups in total. The van der Waals surface area contributed by atoms with Gasteiger partial charge in [-0.25, -0.2) is 8.42 Å². The maximum atomic E-state index is 11.6. The lowest BCUT2D eigenvalue weighted by Gasteiger charge is -2.35. The fourth-order valence-corrected chi connectivity index (χ4v) is 5.78. The molecule has 3 atom stereocenters. The molecule has 0 spiro atoms. The van der Waals surface area contributed by atoms with Gasteiger partial charge in [0.05, 0.1) is 17.5 Å². The van der Waals surface area contributed by atoms with Gasteiger partial charge in [-0.05, 0) is 44.3 Å². The van der Waals surface area contributed by atoms with Gasteiger partial charge in [0.1, 0.15) is 0 Å². The average Bonchev–Trinajstić information content (AvgIpc) is 2.85. The first kappa shape index (κ1) is 15.0. The van der Waals surface area contributed by atoms with Crippen molar-refractivity contribution in [3.05, 3.63) is 21.9 Å². The van der Waals surface area contributed by atoms with E-state index in [0.29, 0.717) is 12.2 Å². The van der Waals surface area contributed by atoms with Crippen LogP contribution < -0.4 is 5.73 Å². The van der Waals surface area contributed by atoms with Gasteiger partial charge in [0.2, 0.25) is 0 Å². The zero-order valence-electron chi connectivity index (χ0n) is 11.7. The highest BCUT2D eigenvalue weighted by Gasteiger charge is 2.35. The number of hydrogen-bond donors (Lipinski definition) is 1. The molecular formula is C13H22N2O2S2. The van der Waals surface area contributed by atoms with Crippen LogP contribution in [0.25, 0.3) is 0 Å². The van der Waals surface area contributed by atoms with Crippen LogP contribution in [0.15, 0.2) is 11.4 Å². The van der Waals surface area contributed by atoms with E-state index >= 15 is 0 Å². The van der Waals surface area contributed by atoms with E-state index < -0.39 is 9.84 Å². The molecule has 0 aromatic carbocycles. The van der Waals surface area contributed by atoms with E-state index in [-0.39, 0.29) is 23.9 Å². The fraction of sp³-hybridized carbons (Fsp3) is 0.692. The lowest BCUT2D eigenvalue weighted by molar-refractivity contribution is 0.170. The molecule has 1 aromatic heterocycles. The molecule has 1 saturated heterocycles. The van der Waals surface area contributed by atoms with Crippen molar-refractivity contribution in [2.45, 2.75) is 38.4 Å². The van der Waals surface area contributed by atoms with Crippen LogP contribution in [0.1, 0.15) is 29.8 Å². The minimum Gasteiger partial charge on any atom is -0.326 e. The van der Waals surface area contributed by atoms with Crippen molar-refractivity contribution < 1.29 is 8.42 Å². The first-order valence-electron chi connectivity index (χ1n) is 6.54. The largest absolute Gasteiger partial charge is 0.326 e. The van der Waals surface area contributed by atoms with Gasteiger partial charge in [-0.3, -0.25) is 4.90 Å². The second kappa shape index (κ2) is 5.52. The Balaban J connectivity index is 2.23. The van der Waals surface area contributed by atoms with Crippen LogP contribution in [-0.2, 0) is 9.84 Å². The van der Waals surface area contributed by atoms with Crippen molar-refractivity contribution >= 4 is 21.2 Å². The molecule has 0 amide bonds. The standard InChI is InChI=1S/C13H22N2O2S2/c1-9-4-6-18-13(9)12(10(2)14)15(3)11-5-7-19(16,17)8-11/h4,6,10-12H,5,7-8,14H2,1-3H3. The van der Waals surface area contributed by atoms with E-state index in [1.165, 1.54) is 10.4 Å². The summed E-state index contributed by atoms with van der Waals surface area (Å²) < 4.78 is 23.3. The van der Waals surface area contributed by atoms with Crippen molar-refractivity contribution in [3.63, 3.8) is 0 Å². The SMILES string of the molecule is Cc1ccsc1C(C(C)N)N(C)C1CCS(=O)(=O)C1. The van der Waals surface area contributed by atoms with Crippen molar-refractivity contribution in [1.82, 2.24) is 4.90 Å². The lowest BCUT2D eigenvalue weighted by atomic mass is 10.0. The van der Waals surface area contributed by atoms with Crippen molar-refractivity contribution in [2.75, 3.05) is 18.6 Å². The Morgan fingerprint density at radius 2 is 2.21 bits per heavy atom. The molecule has 1 fully saturated rings. The zero-order valence-corrected chi connectivity index (χ0v) is 13.3. The van der Waals surface area contributed by atoms with E-state index in [0.717, 1.165) is 0 Å². The van der Waals surface area contributed by atoms with Gasteiger partial charge in [-0.15, -0.1) is 11.3 Å². The Bertz CT molecular complexity index is 537. The highest BCUT2D eigenvalue weighted by molar-refractivity contribution is 7.91. The number of thiophene rings is 1. The molecule has 2 heterocycles. The minimum atomic E-state index is -2.86. The van der Waals surface area contributed by atoms with E-state index in [9.17, 15) is 8.42 Å². The molecule has 2 rings (SSSR count). The first-order chi connectivity index (χ1) is 8.82. The Morgan fingerprint density at radius 3 is 2.63 bits per heavy atom. The second-order valence-electron chi connectivity index (χ2n) is 5.49. The lowest BCUT2D eigenvalue weighted by Crippen LogP contribution is -2.43. The van der Waals surface area contributed by atoms with E-state index in [1.54, 1.807) is 11.3 Å². The van der Waals surface area contributed by atoms with Gasteiger partial charge in [0.25, 0.3) is 0 Å². The highest BCUT2D eigenvalue weighted by atomic mass is 32.2. The third kappa shape index (κ3) is 3.18. The first-order valence-corrected chi connectivity index (χ1v) is 9.24. The molecule has 3 unspecified atom stereocenters. The Morgan fingerprint density at radius 1 is 1.53 bits per heavy atom. The predicted octanol–water partition coefficient (Wildman–Crippen LogP) is 1.56. The van der Waals surface area contributed by atoms with Crippen LogP contribution in [0.5, 0.6) is 0 Å². The number of hydrogen-bond acceptors (Lipinski definition) is 5. The molecule has 1 aliphatic rings. The summed E-state index contributed by atoms with van der Waals surface area (Å²) in [4.78, 5) is 3.41. The maximum Gasteiger partial charge on any atom is 0.151 e. The van der Waals surface area contributed by atoms with Crippen LogP contribution in [0.2, 0.25) is 0 Å². The third-order valence-electron chi connectivity index (χ3n) is 3.89. The van der Waals surface area contributed by atoms with E-state index in [2.05, 4.69) is 23.3 Å². The molecule has 4 nitrogen and oxygen atoms in total. The number of nitrogens with two attached hydrogens (primary N) is 1. The average molecular weight is 302 g/mol. The van der Waals surface area contributed by atoms with Crippen LogP contribution in [0.4, 0.5) is 0 Å². The summed E-state index contributed by atoms with van der Waals surface area (Å²) in [5.74, 6) is 0.564. The topological polar surface area (TPSA) is 63.4 Å². The van der Waals surface area contributed by atoms with Gasteiger partial charge in [0, 0.05) is 17.0 Å². The molecule has 6 heteroatoms. The summed E-state index contributed by atoms with van der Waals surface area (Å²) in [6.07, 6.45) is 0.715. The van der Waals surface area contributed by atoms with Crippen LogP contribution in [0.3, 0.4) is 0 Å². The molecule has 0 bridgehead atoms.